The van der Waals surface area contributed by atoms with Crippen LogP contribution in [0.2, 0.25) is 0 Å². The molecule has 7 unspecified atom stereocenters. The Morgan fingerprint density at radius 3 is 2.25 bits per heavy atom. The van der Waals surface area contributed by atoms with E-state index in [1.165, 1.54) is 5.56 Å². The highest BCUT2D eigenvalue weighted by atomic mass is 16.5. The first-order valence-corrected chi connectivity index (χ1v) is 17.8. The number of nitrogens with zero attached hydrogens (tertiary/aromatic N) is 6. The van der Waals surface area contributed by atoms with E-state index in [9.17, 15) is 10.2 Å². The van der Waals surface area contributed by atoms with Crippen molar-refractivity contribution in [3.05, 3.63) is 76.7 Å². The monoisotopic (exact) mass is 698 g/mol. The first-order chi connectivity index (χ1) is 24.8. The van der Waals surface area contributed by atoms with Gasteiger partial charge in [-0.05, 0) is 86.9 Å². The highest BCUT2D eigenvalue weighted by molar-refractivity contribution is 6.13. The second-order valence-corrected chi connectivity index (χ2v) is 13.4. The Morgan fingerprint density at radius 1 is 0.863 bits per heavy atom. The number of hydrogen-bond donors (Lipinski definition) is 2. The number of aryl methyl sites for hydroxylation is 1. The molecule has 2 N–H and O–H groups in total. The number of imidazole rings is 1. The number of aliphatic hydroxyl groups excluding tert-OH is 2. The summed E-state index contributed by atoms with van der Waals surface area (Å²) in [5.41, 5.74) is 5.16. The van der Waals surface area contributed by atoms with Crippen molar-refractivity contribution in [2.45, 2.75) is 88.0 Å². The van der Waals surface area contributed by atoms with Crippen LogP contribution in [0.4, 0.5) is 0 Å². The Labute approximate surface area is 297 Å². The number of methoxy groups -OCH3 is 2. The van der Waals surface area contributed by atoms with Crippen LogP contribution in [0, 0.1) is 0 Å². The minimum Gasteiger partial charge on any atom is -0.493 e. The van der Waals surface area contributed by atoms with Crippen LogP contribution >= 0.6 is 0 Å². The third-order valence-electron chi connectivity index (χ3n) is 10.5. The Bertz CT molecular complexity index is 1890. The van der Waals surface area contributed by atoms with Gasteiger partial charge in [-0.1, -0.05) is 0 Å². The maximum absolute atomic E-state index is 10.7. The molecule has 0 spiro atoms. The molecule has 4 heterocycles. The lowest BCUT2D eigenvalue weighted by molar-refractivity contribution is 0.0722. The van der Waals surface area contributed by atoms with E-state index in [0.29, 0.717) is 42.6 Å². The van der Waals surface area contributed by atoms with E-state index in [1.807, 2.05) is 56.1 Å². The van der Waals surface area contributed by atoms with Crippen molar-refractivity contribution >= 4 is 11.9 Å². The fourth-order valence-electron chi connectivity index (χ4n) is 8.18. The van der Waals surface area contributed by atoms with Crippen LogP contribution in [0.5, 0.6) is 23.0 Å². The molecule has 7 atom stereocenters. The fraction of sp³-hybridized carbons (Fsp3) is 0.500. The fourth-order valence-corrected chi connectivity index (χ4v) is 8.18. The van der Waals surface area contributed by atoms with Crippen LogP contribution in [0.1, 0.15) is 97.5 Å². The number of aliphatic hydroxyl groups is 2. The quantitative estimate of drug-likeness (QED) is 0.257. The smallest absolute Gasteiger partial charge is 0.163 e. The third-order valence-corrected chi connectivity index (χ3v) is 10.5. The van der Waals surface area contributed by atoms with Gasteiger partial charge in [0.05, 0.1) is 63.8 Å². The second kappa shape index (κ2) is 14.8. The van der Waals surface area contributed by atoms with Crippen molar-refractivity contribution in [1.82, 2.24) is 19.9 Å². The van der Waals surface area contributed by atoms with Gasteiger partial charge in [-0.2, -0.15) is 0 Å². The molecule has 2 aliphatic heterocycles. The second-order valence-electron chi connectivity index (χ2n) is 13.4. The van der Waals surface area contributed by atoms with Crippen molar-refractivity contribution in [3.8, 4) is 23.0 Å². The predicted molar refractivity (Wildman–Crippen MR) is 190 cm³/mol. The summed E-state index contributed by atoms with van der Waals surface area (Å²) in [6.07, 6.45) is 10.3. The highest BCUT2D eigenvalue weighted by Crippen LogP contribution is 2.50. The minimum absolute atomic E-state index is 0.0105. The van der Waals surface area contributed by atoms with Gasteiger partial charge in [0.2, 0.25) is 0 Å². The number of aromatic nitrogens is 4. The van der Waals surface area contributed by atoms with E-state index in [1.54, 1.807) is 26.6 Å². The number of fused-ring (bicyclic) bond motifs is 6. The SMILES string of the molecule is CCOc1cc2c(cc1OC)C(c1nccn1C)=NC1CCC(O)CC21.CCOc1cc2c(cc1OC)C=NC1CCC(O)C(c3cnno3)C21. The maximum atomic E-state index is 10.7. The van der Waals surface area contributed by atoms with Crippen molar-refractivity contribution in [1.29, 1.82) is 0 Å². The molecule has 13 heteroatoms. The van der Waals surface area contributed by atoms with E-state index in [0.717, 1.165) is 59.7 Å². The molecule has 270 valence electrons. The summed E-state index contributed by atoms with van der Waals surface area (Å²) in [5, 5.41) is 28.2. The first-order valence-electron chi connectivity index (χ1n) is 17.8. The van der Waals surface area contributed by atoms with Crippen LogP contribution in [0.25, 0.3) is 0 Å². The molecule has 2 aromatic heterocycles. The van der Waals surface area contributed by atoms with E-state index in [-0.39, 0.29) is 35.9 Å². The van der Waals surface area contributed by atoms with Gasteiger partial charge >= 0.3 is 0 Å². The molecule has 2 aromatic carbocycles. The Hall–Kier alpha value is -4.75. The van der Waals surface area contributed by atoms with Crippen LogP contribution in [-0.2, 0) is 7.05 Å². The van der Waals surface area contributed by atoms with Gasteiger partial charge in [-0.3, -0.25) is 9.98 Å². The van der Waals surface area contributed by atoms with E-state index in [2.05, 4.69) is 21.4 Å². The molecule has 13 nitrogen and oxygen atoms in total. The molecule has 0 amide bonds. The summed E-state index contributed by atoms with van der Waals surface area (Å²) in [7, 11) is 5.26. The van der Waals surface area contributed by atoms with Crippen LogP contribution in [0.3, 0.4) is 0 Å². The normalized spacial score (nSPS) is 25.9. The average molecular weight is 699 g/mol. The van der Waals surface area contributed by atoms with Crippen molar-refractivity contribution < 1.29 is 33.7 Å². The molecule has 0 saturated heterocycles. The average Bonchev–Trinajstić information content (AvgIpc) is 3.83. The molecule has 0 bridgehead atoms. The summed E-state index contributed by atoms with van der Waals surface area (Å²) in [6, 6.07) is 8.29. The zero-order chi connectivity index (χ0) is 35.6. The Kier molecular flexibility index (Phi) is 10.1. The largest absolute Gasteiger partial charge is 0.493 e. The molecule has 51 heavy (non-hydrogen) atoms. The molecule has 0 radical (unpaired) electrons. The molecule has 2 aliphatic carbocycles. The molecular weight excluding hydrogens is 652 g/mol. The minimum atomic E-state index is -0.519. The van der Waals surface area contributed by atoms with E-state index < -0.39 is 6.10 Å². The van der Waals surface area contributed by atoms with Gasteiger partial charge in [-0.25, -0.2) is 4.98 Å². The van der Waals surface area contributed by atoms with Crippen molar-refractivity contribution in [3.63, 3.8) is 0 Å². The molecule has 8 rings (SSSR count). The summed E-state index contributed by atoms with van der Waals surface area (Å²) in [5.74, 6) is 4.23. The number of ether oxygens (including phenoxy) is 4. The number of aliphatic imine (C=N–C) groups is 2. The lowest BCUT2D eigenvalue weighted by Gasteiger charge is -2.40. The number of benzene rings is 2. The van der Waals surface area contributed by atoms with Crippen molar-refractivity contribution in [2.75, 3.05) is 27.4 Å². The molecular formula is C38H46N6O7. The molecule has 2 fully saturated rings. The molecule has 2 saturated carbocycles. The zero-order valence-corrected chi connectivity index (χ0v) is 29.7. The highest BCUT2D eigenvalue weighted by Gasteiger charge is 2.45. The van der Waals surface area contributed by atoms with Crippen LogP contribution in [-0.4, -0.2) is 93.8 Å². The summed E-state index contributed by atoms with van der Waals surface area (Å²) in [6.45, 7) is 5.03. The molecule has 4 aromatic rings. The third kappa shape index (κ3) is 6.60. The topological polar surface area (TPSA) is 159 Å². The van der Waals surface area contributed by atoms with Gasteiger partial charge in [0.1, 0.15) is 5.71 Å². The molecule has 4 aliphatic rings. The lowest BCUT2D eigenvalue weighted by atomic mass is 9.68. The van der Waals surface area contributed by atoms with E-state index >= 15 is 0 Å². The Balaban J connectivity index is 0.000000159. The summed E-state index contributed by atoms with van der Waals surface area (Å²) in [4.78, 5) is 14.3. The standard InChI is InChI=1S/C20H25N3O3.C18H21N3O4/c1-4-26-18-10-13-14-9-12(24)5-6-16(14)22-19(15(13)11-17(18)25-3)20-21-7-8-23(20)2;1-3-24-15-7-11-10(6-14(15)23-2)8-19-12-4-5-13(22)18(17(11)12)16-9-20-21-25-16/h7-8,10-12,14,16,24H,4-6,9H2,1-3H3;6-9,12-13,17-18,22H,3-5H2,1-2H3. The predicted octanol–water partition coefficient (Wildman–Crippen LogP) is 4.98. The first kappa shape index (κ1) is 34.7. The maximum Gasteiger partial charge on any atom is 0.163 e. The van der Waals surface area contributed by atoms with Gasteiger partial charge in [0.15, 0.2) is 34.6 Å². The van der Waals surface area contributed by atoms with E-state index in [4.69, 9.17) is 33.5 Å². The van der Waals surface area contributed by atoms with Gasteiger partial charge < -0.3 is 38.3 Å². The summed E-state index contributed by atoms with van der Waals surface area (Å²) < 4.78 is 29.8. The zero-order valence-electron chi connectivity index (χ0n) is 29.7. The van der Waals surface area contributed by atoms with Gasteiger partial charge in [0, 0.05) is 48.3 Å². The number of hydrogen-bond acceptors (Lipinski definition) is 12. The van der Waals surface area contributed by atoms with Crippen LogP contribution in [0.15, 0.2) is 57.4 Å². The van der Waals surface area contributed by atoms with Gasteiger partial charge in [0.25, 0.3) is 0 Å². The lowest BCUT2D eigenvalue weighted by Crippen LogP contribution is -2.39. The van der Waals surface area contributed by atoms with Crippen molar-refractivity contribution in [2.24, 2.45) is 17.0 Å². The van der Waals surface area contributed by atoms with Crippen LogP contribution < -0.4 is 18.9 Å². The summed E-state index contributed by atoms with van der Waals surface area (Å²) >= 11 is 0. The van der Waals surface area contributed by atoms with Gasteiger partial charge in [-0.15, -0.1) is 5.10 Å². The number of rotatable bonds is 8. The Morgan fingerprint density at radius 2 is 1.59 bits per heavy atom.